The van der Waals surface area contributed by atoms with Crippen molar-refractivity contribution in [3.05, 3.63) is 52.8 Å². The highest BCUT2D eigenvalue weighted by Gasteiger charge is 2.16. The first-order valence-corrected chi connectivity index (χ1v) is 5.70. The van der Waals surface area contributed by atoms with Gasteiger partial charge in [-0.25, -0.2) is 4.39 Å². The molecule has 0 spiro atoms. The summed E-state index contributed by atoms with van der Waals surface area (Å²) in [5.41, 5.74) is 5.84. The number of amides is 1. The van der Waals surface area contributed by atoms with Gasteiger partial charge in [0.1, 0.15) is 17.1 Å². The van der Waals surface area contributed by atoms with Gasteiger partial charge in [-0.2, -0.15) is 0 Å². The summed E-state index contributed by atoms with van der Waals surface area (Å²) < 4.78 is 13.5. The van der Waals surface area contributed by atoms with Crippen LogP contribution in [0.2, 0.25) is 5.02 Å². The van der Waals surface area contributed by atoms with Crippen molar-refractivity contribution in [3.8, 4) is 5.75 Å². The molecule has 4 N–H and O–H groups in total. The fraction of sp³-hybridized carbons (Fsp3) is 0. The van der Waals surface area contributed by atoms with E-state index in [1.54, 1.807) is 0 Å². The van der Waals surface area contributed by atoms with Gasteiger partial charge in [0, 0.05) is 5.69 Å². The molecule has 4 nitrogen and oxygen atoms in total. The number of aromatic hydroxyl groups is 1. The highest BCUT2D eigenvalue weighted by atomic mass is 35.5. The third kappa shape index (κ3) is 2.77. The van der Waals surface area contributed by atoms with Crippen LogP contribution in [0, 0.1) is 5.82 Å². The molecule has 0 saturated carbocycles. The first kappa shape index (κ1) is 13.2. The van der Waals surface area contributed by atoms with E-state index in [0.29, 0.717) is 11.4 Å². The van der Waals surface area contributed by atoms with Crippen molar-refractivity contribution in [3.63, 3.8) is 0 Å². The molecule has 2 rings (SSSR count). The molecule has 1 amide bonds. The van der Waals surface area contributed by atoms with Crippen LogP contribution in [-0.4, -0.2) is 11.0 Å². The molecule has 0 saturated heterocycles. The minimum absolute atomic E-state index is 0.274. The molecule has 98 valence electrons. The normalized spacial score (nSPS) is 10.2. The van der Waals surface area contributed by atoms with Crippen LogP contribution in [0.5, 0.6) is 5.75 Å². The maximum atomic E-state index is 13.5. The van der Waals surface area contributed by atoms with Crippen molar-refractivity contribution in [1.29, 1.82) is 0 Å². The van der Waals surface area contributed by atoms with E-state index >= 15 is 0 Å². The van der Waals surface area contributed by atoms with Gasteiger partial charge in [0.15, 0.2) is 0 Å². The van der Waals surface area contributed by atoms with Crippen LogP contribution in [0.25, 0.3) is 0 Å². The molecule has 0 heterocycles. The van der Waals surface area contributed by atoms with E-state index in [9.17, 15) is 14.3 Å². The highest BCUT2D eigenvalue weighted by molar-refractivity contribution is 6.33. The van der Waals surface area contributed by atoms with Gasteiger partial charge < -0.3 is 16.2 Å². The number of benzene rings is 2. The minimum atomic E-state index is -0.806. The van der Waals surface area contributed by atoms with Gasteiger partial charge in [0.05, 0.1) is 10.7 Å². The lowest BCUT2D eigenvalue weighted by atomic mass is 10.1. The van der Waals surface area contributed by atoms with E-state index in [-0.39, 0.29) is 5.02 Å². The number of carbonyl (C=O) groups is 1. The molecule has 19 heavy (non-hydrogen) atoms. The number of phenols is 1. The smallest absolute Gasteiger partial charge is 0.262 e. The topological polar surface area (TPSA) is 75.3 Å². The molecule has 2 aromatic carbocycles. The van der Waals surface area contributed by atoms with E-state index in [1.165, 1.54) is 30.3 Å². The third-order valence-electron chi connectivity index (χ3n) is 2.48. The van der Waals surface area contributed by atoms with E-state index in [0.717, 1.165) is 6.07 Å². The quantitative estimate of drug-likeness (QED) is 0.740. The zero-order valence-corrected chi connectivity index (χ0v) is 10.4. The Morgan fingerprint density at radius 2 is 2.05 bits per heavy atom. The highest BCUT2D eigenvalue weighted by Crippen LogP contribution is 2.25. The van der Waals surface area contributed by atoms with Gasteiger partial charge in [0.25, 0.3) is 5.91 Å². The Hall–Kier alpha value is -2.27. The van der Waals surface area contributed by atoms with Crippen LogP contribution in [0.4, 0.5) is 15.8 Å². The Bertz CT molecular complexity index is 626. The molecule has 0 unspecified atom stereocenters. The molecule has 0 bridgehead atoms. The summed E-state index contributed by atoms with van der Waals surface area (Å²) in [6.07, 6.45) is 0. The molecular weight excluding hydrogens is 271 g/mol. The number of anilines is 2. The second-order valence-electron chi connectivity index (χ2n) is 3.82. The van der Waals surface area contributed by atoms with Crippen molar-refractivity contribution in [1.82, 2.24) is 0 Å². The van der Waals surface area contributed by atoms with E-state index in [1.807, 2.05) is 0 Å². The van der Waals surface area contributed by atoms with Gasteiger partial charge in [-0.3, -0.25) is 4.79 Å². The van der Waals surface area contributed by atoms with Crippen LogP contribution in [-0.2, 0) is 0 Å². The fourth-order valence-electron chi connectivity index (χ4n) is 1.54. The van der Waals surface area contributed by atoms with Crippen molar-refractivity contribution in [2.45, 2.75) is 0 Å². The summed E-state index contributed by atoms with van der Waals surface area (Å²) in [5.74, 6) is -2.01. The SMILES string of the molecule is Nc1ccc(NC(=O)c2c(O)cccc2F)cc1Cl. The molecule has 0 fully saturated rings. The third-order valence-corrected chi connectivity index (χ3v) is 2.80. The number of rotatable bonds is 2. The lowest BCUT2D eigenvalue weighted by Gasteiger charge is -2.08. The summed E-state index contributed by atoms with van der Waals surface area (Å²) in [6, 6.07) is 8.10. The van der Waals surface area contributed by atoms with Crippen molar-refractivity contribution < 1.29 is 14.3 Å². The average Bonchev–Trinajstić information content (AvgIpc) is 2.33. The molecular formula is C13H10ClFN2O2. The number of carbonyl (C=O) groups excluding carboxylic acids is 1. The van der Waals surface area contributed by atoms with E-state index in [2.05, 4.69) is 5.32 Å². The molecule has 0 atom stereocenters. The first-order valence-electron chi connectivity index (χ1n) is 5.33. The largest absolute Gasteiger partial charge is 0.507 e. The summed E-state index contributed by atoms with van der Waals surface area (Å²) in [7, 11) is 0. The van der Waals surface area contributed by atoms with Gasteiger partial charge in [-0.15, -0.1) is 0 Å². The first-order chi connectivity index (χ1) is 8.99. The summed E-state index contributed by atoms with van der Waals surface area (Å²) in [6.45, 7) is 0. The van der Waals surface area contributed by atoms with Crippen LogP contribution in [0.3, 0.4) is 0 Å². The Balaban J connectivity index is 2.28. The monoisotopic (exact) mass is 280 g/mol. The Kier molecular flexibility index (Phi) is 3.57. The van der Waals surface area contributed by atoms with Gasteiger partial charge in [0.2, 0.25) is 0 Å². The number of hydrogen-bond donors (Lipinski definition) is 3. The number of nitrogen functional groups attached to an aromatic ring is 1. The fourth-order valence-corrected chi connectivity index (χ4v) is 1.72. The van der Waals surface area contributed by atoms with Crippen LogP contribution in [0.15, 0.2) is 36.4 Å². The maximum absolute atomic E-state index is 13.5. The Labute approximate surface area is 113 Å². The van der Waals surface area contributed by atoms with Gasteiger partial charge >= 0.3 is 0 Å². The number of nitrogens with one attached hydrogen (secondary N) is 1. The number of phenolic OH excluding ortho intramolecular Hbond substituents is 1. The lowest BCUT2D eigenvalue weighted by Crippen LogP contribution is -2.14. The zero-order valence-electron chi connectivity index (χ0n) is 9.65. The minimum Gasteiger partial charge on any atom is -0.507 e. The molecule has 0 aromatic heterocycles. The predicted molar refractivity (Wildman–Crippen MR) is 71.9 cm³/mol. The second-order valence-corrected chi connectivity index (χ2v) is 4.23. The van der Waals surface area contributed by atoms with Crippen LogP contribution >= 0.6 is 11.6 Å². The molecule has 0 radical (unpaired) electrons. The van der Waals surface area contributed by atoms with E-state index in [4.69, 9.17) is 17.3 Å². The van der Waals surface area contributed by atoms with Crippen molar-refractivity contribution in [2.24, 2.45) is 0 Å². The van der Waals surface area contributed by atoms with Gasteiger partial charge in [-0.05, 0) is 30.3 Å². The zero-order chi connectivity index (χ0) is 14.0. The van der Waals surface area contributed by atoms with Gasteiger partial charge in [-0.1, -0.05) is 17.7 Å². The second kappa shape index (κ2) is 5.16. The molecule has 2 aromatic rings. The standard InChI is InChI=1S/C13H10ClFN2O2/c14-8-6-7(4-5-10(8)16)17-13(19)12-9(15)2-1-3-11(12)18/h1-6,18H,16H2,(H,17,19). The summed E-state index contributed by atoms with van der Waals surface area (Å²) in [4.78, 5) is 11.9. The molecule has 0 aliphatic rings. The van der Waals surface area contributed by atoms with Crippen LogP contribution in [0.1, 0.15) is 10.4 Å². The molecule has 0 aliphatic carbocycles. The Morgan fingerprint density at radius 1 is 1.32 bits per heavy atom. The number of nitrogens with two attached hydrogens (primary N) is 1. The lowest BCUT2D eigenvalue weighted by molar-refractivity contribution is 0.102. The van der Waals surface area contributed by atoms with Crippen molar-refractivity contribution in [2.75, 3.05) is 11.1 Å². The summed E-state index contributed by atoms with van der Waals surface area (Å²) >= 11 is 5.81. The van der Waals surface area contributed by atoms with Crippen molar-refractivity contribution >= 4 is 28.9 Å². The summed E-state index contributed by atoms with van der Waals surface area (Å²) in [5, 5.41) is 12.2. The van der Waals surface area contributed by atoms with E-state index < -0.39 is 23.0 Å². The molecule has 6 heteroatoms. The predicted octanol–water partition coefficient (Wildman–Crippen LogP) is 3.02. The maximum Gasteiger partial charge on any atom is 0.262 e. The molecule has 0 aliphatic heterocycles. The number of halogens is 2. The number of hydrogen-bond acceptors (Lipinski definition) is 3. The average molecular weight is 281 g/mol. The Morgan fingerprint density at radius 3 is 2.68 bits per heavy atom. The van der Waals surface area contributed by atoms with Crippen LogP contribution < -0.4 is 11.1 Å².